The smallest absolute Gasteiger partial charge is 0.408 e. The van der Waals surface area contributed by atoms with E-state index in [0.717, 1.165) is 27.2 Å². The van der Waals surface area contributed by atoms with Crippen LogP contribution in [0.4, 0.5) is 10.5 Å². The molecule has 0 bridgehead atoms. The summed E-state index contributed by atoms with van der Waals surface area (Å²) in [5.41, 5.74) is 4.26. The van der Waals surface area contributed by atoms with Gasteiger partial charge in [-0.15, -0.1) is 0 Å². The molecule has 3 N–H and O–H groups in total. The second-order valence-electron chi connectivity index (χ2n) is 13.0. The molecular formula is C40H43N3O8. The van der Waals surface area contributed by atoms with E-state index in [-0.39, 0.29) is 37.9 Å². The predicted octanol–water partition coefficient (Wildman–Crippen LogP) is 5.34. The van der Waals surface area contributed by atoms with E-state index >= 15 is 0 Å². The zero-order valence-corrected chi connectivity index (χ0v) is 28.6. The number of nitrogens with one attached hydrogen (secondary N) is 1. The predicted molar refractivity (Wildman–Crippen MR) is 189 cm³/mol. The number of imide groups is 1. The van der Waals surface area contributed by atoms with Gasteiger partial charge in [0.1, 0.15) is 12.6 Å². The molecule has 0 spiro atoms. The fourth-order valence-electron chi connectivity index (χ4n) is 6.42. The highest BCUT2D eigenvalue weighted by molar-refractivity contribution is 6.22. The van der Waals surface area contributed by atoms with Crippen LogP contribution in [0.5, 0.6) is 0 Å². The fourth-order valence-corrected chi connectivity index (χ4v) is 6.42. The van der Waals surface area contributed by atoms with E-state index in [1.165, 1.54) is 0 Å². The minimum absolute atomic E-state index is 0.0323. The van der Waals surface area contributed by atoms with E-state index in [0.29, 0.717) is 24.2 Å². The minimum Gasteiger partial charge on any atom is -0.445 e. The second-order valence-corrected chi connectivity index (χ2v) is 13.0. The number of hydrogen-bond acceptors (Lipinski definition) is 9. The number of aliphatic hydroxyl groups is 2. The highest BCUT2D eigenvalue weighted by Crippen LogP contribution is 2.39. The lowest BCUT2D eigenvalue weighted by atomic mass is 9.98. The number of nitrogens with zero attached hydrogens (tertiary/aromatic N) is 2. The van der Waals surface area contributed by atoms with Crippen LogP contribution in [0.1, 0.15) is 66.1 Å². The van der Waals surface area contributed by atoms with Crippen molar-refractivity contribution in [2.75, 3.05) is 18.5 Å². The Kier molecular flexibility index (Phi) is 11.5. The Hall–Kier alpha value is -4.91. The van der Waals surface area contributed by atoms with Gasteiger partial charge in [-0.05, 0) is 48.4 Å². The molecule has 51 heavy (non-hydrogen) atoms. The Balaban J connectivity index is 1.17. The summed E-state index contributed by atoms with van der Waals surface area (Å²) in [6, 6.07) is 31.9. The summed E-state index contributed by atoms with van der Waals surface area (Å²) < 4.78 is 18.3. The van der Waals surface area contributed by atoms with E-state index in [2.05, 4.69) is 10.2 Å². The van der Waals surface area contributed by atoms with Gasteiger partial charge in [-0.25, -0.2) is 9.69 Å². The number of likely N-dealkylation sites (N-methyl/N-ethyl adjacent to an activating group) is 1. The van der Waals surface area contributed by atoms with Crippen LogP contribution in [0.15, 0.2) is 109 Å². The number of alkyl carbamates (subject to hydrolysis) is 1. The van der Waals surface area contributed by atoms with Crippen molar-refractivity contribution in [3.63, 3.8) is 0 Å². The van der Waals surface area contributed by atoms with E-state index < -0.39 is 36.3 Å². The van der Waals surface area contributed by atoms with Crippen molar-refractivity contribution in [1.29, 1.82) is 0 Å². The monoisotopic (exact) mass is 693 g/mol. The first kappa shape index (κ1) is 35.9. The van der Waals surface area contributed by atoms with Crippen molar-refractivity contribution in [3.8, 4) is 0 Å². The third-order valence-corrected chi connectivity index (χ3v) is 9.45. The average Bonchev–Trinajstić information content (AvgIpc) is 3.45. The quantitative estimate of drug-likeness (QED) is 0.168. The zero-order valence-electron chi connectivity index (χ0n) is 28.6. The molecule has 2 saturated heterocycles. The molecule has 2 heterocycles. The summed E-state index contributed by atoms with van der Waals surface area (Å²) >= 11 is 0. The molecule has 0 radical (unpaired) electrons. The fraction of sp³-hybridized carbons (Fsp3) is 0.325. The van der Waals surface area contributed by atoms with Crippen molar-refractivity contribution >= 4 is 23.6 Å². The Morgan fingerprint density at radius 1 is 0.922 bits per heavy atom. The van der Waals surface area contributed by atoms with Gasteiger partial charge >= 0.3 is 6.09 Å². The molecule has 2 aliphatic rings. The van der Waals surface area contributed by atoms with Gasteiger partial charge in [0, 0.05) is 24.6 Å². The number of benzene rings is 4. The maximum absolute atomic E-state index is 13.4. The molecule has 3 amide bonds. The van der Waals surface area contributed by atoms with Crippen molar-refractivity contribution in [2.24, 2.45) is 0 Å². The SMILES string of the molecule is C[C@H]([C@@H](O)c1ccccc1)N(C)C[C@H]1C[C@@H](c2ccc(CO)cc2)O[C@@H](c2cccc(N3C(=O)CC(NC(=O)OCc4ccccc4)C3=O)c2)O1. The molecule has 6 atom stereocenters. The summed E-state index contributed by atoms with van der Waals surface area (Å²) in [7, 11) is 1.95. The normalized spacial score (nSPS) is 21.8. The second kappa shape index (κ2) is 16.4. The van der Waals surface area contributed by atoms with Crippen molar-refractivity contribution < 1.29 is 38.8 Å². The number of carbonyl (C=O) groups excluding carboxylic acids is 3. The number of ether oxygens (including phenoxy) is 3. The number of amides is 3. The summed E-state index contributed by atoms with van der Waals surface area (Å²) in [5, 5.41) is 23.2. The third kappa shape index (κ3) is 8.70. The molecule has 6 rings (SSSR count). The summed E-state index contributed by atoms with van der Waals surface area (Å²) in [6.07, 6.45) is -2.68. The zero-order chi connectivity index (χ0) is 35.9. The van der Waals surface area contributed by atoms with Crippen LogP contribution in [-0.2, 0) is 37.0 Å². The van der Waals surface area contributed by atoms with Gasteiger partial charge in [0.2, 0.25) is 5.91 Å². The molecule has 0 saturated carbocycles. The third-order valence-electron chi connectivity index (χ3n) is 9.45. The Labute approximate surface area is 297 Å². The van der Waals surface area contributed by atoms with E-state index in [9.17, 15) is 24.6 Å². The molecule has 2 fully saturated rings. The number of rotatable bonds is 12. The molecular weight excluding hydrogens is 650 g/mol. The van der Waals surface area contributed by atoms with Gasteiger partial charge in [-0.2, -0.15) is 0 Å². The standard InChI is InChI=1S/C40H43N3O8/c1-26(37(46)30-12-7-4-8-13-30)42(2)23-33-21-35(29-18-16-27(24-44)17-19-29)51-39(50-33)31-14-9-15-32(20-31)43-36(45)22-34(38(43)47)41-40(48)49-25-28-10-5-3-6-11-28/h3-20,26,33-35,37,39,44,46H,21-25H2,1-2H3,(H,41,48)/t26-,33-,34?,35+,37-,39+/m1/s1. The molecule has 4 aromatic carbocycles. The maximum atomic E-state index is 13.4. The molecule has 11 nitrogen and oxygen atoms in total. The number of aliphatic hydroxyl groups excluding tert-OH is 2. The lowest BCUT2D eigenvalue weighted by Crippen LogP contribution is -2.43. The molecule has 2 aliphatic heterocycles. The number of anilines is 1. The van der Waals surface area contributed by atoms with Gasteiger partial charge in [-0.1, -0.05) is 97.1 Å². The molecule has 266 valence electrons. The van der Waals surface area contributed by atoms with Gasteiger partial charge in [0.15, 0.2) is 6.29 Å². The molecule has 11 heteroatoms. The Bertz CT molecular complexity index is 1790. The summed E-state index contributed by atoms with van der Waals surface area (Å²) in [4.78, 5) is 42.2. The first-order chi connectivity index (χ1) is 24.7. The number of hydrogen-bond donors (Lipinski definition) is 3. The lowest BCUT2D eigenvalue weighted by molar-refractivity contribution is -0.253. The van der Waals surface area contributed by atoms with Crippen molar-refractivity contribution in [2.45, 2.75) is 69.7 Å². The molecule has 0 aliphatic carbocycles. The average molecular weight is 694 g/mol. The lowest BCUT2D eigenvalue weighted by Gasteiger charge is -2.39. The van der Waals surface area contributed by atoms with Crippen LogP contribution in [0.2, 0.25) is 0 Å². The molecule has 4 aromatic rings. The highest BCUT2D eigenvalue weighted by atomic mass is 16.7. The van der Waals surface area contributed by atoms with E-state index in [1.807, 2.05) is 105 Å². The number of carbonyl (C=O) groups is 3. The topological polar surface area (TPSA) is 138 Å². The van der Waals surface area contributed by atoms with Crippen LogP contribution in [0, 0.1) is 0 Å². The van der Waals surface area contributed by atoms with Gasteiger partial charge in [0.25, 0.3) is 5.91 Å². The Morgan fingerprint density at radius 3 is 2.33 bits per heavy atom. The summed E-state index contributed by atoms with van der Waals surface area (Å²) in [6.45, 7) is 2.42. The van der Waals surface area contributed by atoms with Gasteiger partial charge in [-0.3, -0.25) is 14.5 Å². The molecule has 1 unspecified atom stereocenters. The van der Waals surface area contributed by atoms with Gasteiger partial charge < -0.3 is 29.7 Å². The Morgan fingerprint density at radius 2 is 1.63 bits per heavy atom. The maximum Gasteiger partial charge on any atom is 0.408 e. The molecule has 0 aromatic heterocycles. The van der Waals surface area contributed by atoms with Crippen LogP contribution in [-0.4, -0.2) is 64.8 Å². The van der Waals surface area contributed by atoms with E-state index in [4.69, 9.17) is 14.2 Å². The van der Waals surface area contributed by atoms with Crippen molar-refractivity contribution in [1.82, 2.24) is 10.2 Å². The minimum atomic E-state index is -1.06. The van der Waals surface area contributed by atoms with Gasteiger partial charge in [0.05, 0.1) is 37.0 Å². The van der Waals surface area contributed by atoms with Crippen LogP contribution >= 0.6 is 0 Å². The highest BCUT2D eigenvalue weighted by Gasteiger charge is 2.41. The van der Waals surface area contributed by atoms with Crippen molar-refractivity contribution in [3.05, 3.63) is 137 Å². The first-order valence-corrected chi connectivity index (χ1v) is 17.1. The first-order valence-electron chi connectivity index (χ1n) is 17.1. The largest absolute Gasteiger partial charge is 0.445 e. The van der Waals surface area contributed by atoms with Crippen LogP contribution < -0.4 is 10.2 Å². The van der Waals surface area contributed by atoms with Crippen LogP contribution in [0.3, 0.4) is 0 Å². The van der Waals surface area contributed by atoms with E-state index in [1.54, 1.807) is 18.2 Å². The summed E-state index contributed by atoms with van der Waals surface area (Å²) in [5.74, 6) is -1.02. The van der Waals surface area contributed by atoms with Crippen LogP contribution in [0.25, 0.3) is 0 Å².